The Morgan fingerprint density at radius 3 is 2.48 bits per heavy atom. The molecule has 0 radical (unpaired) electrons. The lowest BCUT2D eigenvalue weighted by Crippen LogP contribution is -2.28. The number of hydrogen-bond acceptors (Lipinski definition) is 3. The van der Waals surface area contributed by atoms with Gasteiger partial charge in [0.05, 0.1) is 7.11 Å². The molecular formula is C22H27BrFNO2. The van der Waals surface area contributed by atoms with Gasteiger partial charge in [-0.25, -0.2) is 4.39 Å². The molecule has 2 aromatic rings. The zero-order chi connectivity index (χ0) is 19.1. The molecule has 27 heavy (non-hydrogen) atoms. The van der Waals surface area contributed by atoms with E-state index in [1.54, 1.807) is 25.3 Å². The molecule has 2 aromatic carbocycles. The monoisotopic (exact) mass is 435 g/mol. The molecule has 1 aliphatic carbocycles. The Hall–Kier alpha value is -1.59. The maximum atomic E-state index is 13.8. The molecule has 0 amide bonds. The number of ether oxygens (including phenoxy) is 2. The third-order valence-corrected chi connectivity index (χ3v) is 5.85. The minimum Gasteiger partial charge on any atom is -0.493 e. The van der Waals surface area contributed by atoms with Crippen LogP contribution in [0.1, 0.15) is 49.7 Å². The van der Waals surface area contributed by atoms with Gasteiger partial charge >= 0.3 is 0 Å². The predicted octanol–water partition coefficient (Wildman–Crippen LogP) is 5.99. The maximum Gasteiger partial charge on any atom is 0.162 e. The Morgan fingerprint density at radius 1 is 1.04 bits per heavy atom. The van der Waals surface area contributed by atoms with Gasteiger partial charge in [-0.2, -0.15) is 0 Å². The van der Waals surface area contributed by atoms with E-state index in [4.69, 9.17) is 9.47 Å². The van der Waals surface area contributed by atoms with E-state index in [9.17, 15) is 4.39 Å². The summed E-state index contributed by atoms with van der Waals surface area (Å²) in [4.78, 5) is 0. The van der Waals surface area contributed by atoms with Gasteiger partial charge in [0, 0.05) is 22.6 Å². The van der Waals surface area contributed by atoms with Gasteiger partial charge in [-0.05, 0) is 36.6 Å². The van der Waals surface area contributed by atoms with Gasteiger partial charge in [0.1, 0.15) is 12.4 Å². The van der Waals surface area contributed by atoms with Crippen LogP contribution in [0, 0.1) is 5.82 Å². The fraction of sp³-hybridized carbons (Fsp3) is 0.455. The lowest BCUT2D eigenvalue weighted by molar-refractivity contribution is 0.279. The summed E-state index contributed by atoms with van der Waals surface area (Å²) in [6.45, 7) is 0.949. The van der Waals surface area contributed by atoms with Crippen LogP contribution in [-0.4, -0.2) is 13.2 Å². The highest BCUT2D eigenvalue weighted by Gasteiger charge is 2.15. The zero-order valence-corrected chi connectivity index (χ0v) is 17.4. The Kier molecular flexibility index (Phi) is 7.53. The van der Waals surface area contributed by atoms with E-state index in [0.29, 0.717) is 23.1 Å². The van der Waals surface area contributed by atoms with Gasteiger partial charge in [0.25, 0.3) is 0 Å². The summed E-state index contributed by atoms with van der Waals surface area (Å²) in [5.41, 5.74) is 1.66. The van der Waals surface area contributed by atoms with Crippen LogP contribution in [0.15, 0.2) is 40.9 Å². The molecule has 1 saturated carbocycles. The fourth-order valence-electron chi connectivity index (χ4n) is 3.49. The summed E-state index contributed by atoms with van der Waals surface area (Å²) >= 11 is 3.64. The summed E-state index contributed by atoms with van der Waals surface area (Å²) in [6, 6.07) is 11.1. The smallest absolute Gasteiger partial charge is 0.162 e. The first-order chi connectivity index (χ1) is 13.2. The Balaban J connectivity index is 1.66. The lowest BCUT2D eigenvalue weighted by Gasteiger charge is -2.18. The molecule has 0 aliphatic heterocycles. The van der Waals surface area contributed by atoms with Gasteiger partial charge in [-0.15, -0.1) is 0 Å². The SMILES string of the molecule is COc1cc(CNC2CCCCCC2)c(Br)cc1OCc1ccccc1F. The van der Waals surface area contributed by atoms with Crippen LogP contribution in [0.2, 0.25) is 0 Å². The molecule has 0 saturated heterocycles. The number of rotatable bonds is 7. The Labute approximate surface area is 169 Å². The minimum absolute atomic E-state index is 0.162. The standard InChI is InChI=1S/C22H27BrFNO2/c1-26-21-12-17(14-25-18-9-4-2-3-5-10-18)19(23)13-22(21)27-15-16-8-6-7-11-20(16)24/h6-8,11-13,18,25H,2-5,9-10,14-15H2,1H3. The number of benzene rings is 2. The van der Waals surface area contributed by atoms with Crippen LogP contribution >= 0.6 is 15.9 Å². The number of hydrogen-bond donors (Lipinski definition) is 1. The fourth-order valence-corrected chi connectivity index (χ4v) is 3.96. The first-order valence-corrected chi connectivity index (χ1v) is 10.4. The van der Waals surface area contributed by atoms with E-state index in [2.05, 4.69) is 21.2 Å². The highest BCUT2D eigenvalue weighted by atomic mass is 79.9. The number of nitrogens with one attached hydrogen (secondary N) is 1. The second-order valence-corrected chi connectivity index (χ2v) is 7.90. The van der Waals surface area contributed by atoms with Gasteiger partial charge in [-0.1, -0.05) is 59.8 Å². The summed E-state index contributed by atoms with van der Waals surface area (Å²) in [5, 5.41) is 3.68. The molecule has 3 rings (SSSR count). The van der Waals surface area contributed by atoms with Crippen molar-refractivity contribution in [1.82, 2.24) is 5.32 Å². The molecule has 1 aliphatic rings. The van der Waals surface area contributed by atoms with Crippen molar-refractivity contribution in [2.45, 2.75) is 57.7 Å². The second-order valence-electron chi connectivity index (χ2n) is 7.04. The van der Waals surface area contributed by atoms with E-state index >= 15 is 0 Å². The highest BCUT2D eigenvalue weighted by Crippen LogP contribution is 2.34. The van der Waals surface area contributed by atoms with Crippen molar-refractivity contribution in [1.29, 1.82) is 0 Å². The van der Waals surface area contributed by atoms with Crippen molar-refractivity contribution in [2.75, 3.05) is 7.11 Å². The van der Waals surface area contributed by atoms with Crippen LogP contribution in [0.4, 0.5) is 4.39 Å². The van der Waals surface area contributed by atoms with Crippen molar-refractivity contribution in [3.63, 3.8) is 0 Å². The summed E-state index contributed by atoms with van der Waals surface area (Å²) < 4.78 is 26.1. The van der Waals surface area contributed by atoms with Crippen molar-refractivity contribution in [3.8, 4) is 11.5 Å². The molecule has 146 valence electrons. The van der Waals surface area contributed by atoms with Gasteiger partial charge < -0.3 is 14.8 Å². The van der Waals surface area contributed by atoms with Crippen LogP contribution in [0.25, 0.3) is 0 Å². The molecule has 3 nitrogen and oxygen atoms in total. The van der Waals surface area contributed by atoms with Crippen LogP contribution in [-0.2, 0) is 13.2 Å². The predicted molar refractivity (Wildman–Crippen MR) is 110 cm³/mol. The molecule has 0 atom stereocenters. The van der Waals surface area contributed by atoms with E-state index in [-0.39, 0.29) is 12.4 Å². The average molecular weight is 436 g/mol. The molecule has 0 unspecified atom stereocenters. The highest BCUT2D eigenvalue weighted by molar-refractivity contribution is 9.10. The average Bonchev–Trinajstić information content (AvgIpc) is 2.95. The zero-order valence-electron chi connectivity index (χ0n) is 15.8. The van der Waals surface area contributed by atoms with E-state index < -0.39 is 0 Å². The quantitative estimate of drug-likeness (QED) is 0.541. The molecule has 0 heterocycles. The van der Waals surface area contributed by atoms with Crippen molar-refractivity contribution in [2.24, 2.45) is 0 Å². The summed E-state index contributed by atoms with van der Waals surface area (Å²) in [6.07, 6.45) is 7.82. The third-order valence-electron chi connectivity index (χ3n) is 5.11. The normalized spacial score (nSPS) is 15.4. The third kappa shape index (κ3) is 5.69. The molecule has 0 aromatic heterocycles. The van der Waals surface area contributed by atoms with Gasteiger partial charge in [0.2, 0.25) is 0 Å². The minimum atomic E-state index is -0.264. The Morgan fingerprint density at radius 2 is 1.78 bits per heavy atom. The van der Waals surface area contributed by atoms with E-state index in [1.165, 1.54) is 44.6 Å². The topological polar surface area (TPSA) is 30.5 Å². The summed E-state index contributed by atoms with van der Waals surface area (Å²) in [5.74, 6) is 0.998. The van der Waals surface area contributed by atoms with E-state index in [1.807, 2.05) is 12.1 Å². The van der Waals surface area contributed by atoms with Crippen molar-refractivity contribution in [3.05, 3.63) is 57.8 Å². The largest absolute Gasteiger partial charge is 0.493 e. The lowest BCUT2D eigenvalue weighted by atomic mass is 10.1. The van der Waals surface area contributed by atoms with Crippen LogP contribution < -0.4 is 14.8 Å². The molecule has 1 N–H and O–H groups in total. The molecule has 5 heteroatoms. The summed E-state index contributed by atoms with van der Waals surface area (Å²) in [7, 11) is 1.63. The first kappa shape index (κ1) is 20.2. The molecule has 0 spiro atoms. The maximum absolute atomic E-state index is 13.8. The second kappa shape index (κ2) is 10.1. The van der Waals surface area contributed by atoms with Crippen LogP contribution in [0.5, 0.6) is 11.5 Å². The Bertz CT molecular complexity index is 745. The number of methoxy groups -OCH3 is 1. The van der Waals surface area contributed by atoms with Crippen molar-refractivity contribution < 1.29 is 13.9 Å². The molecule has 1 fully saturated rings. The molecule has 0 bridgehead atoms. The van der Waals surface area contributed by atoms with Crippen molar-refractivity contribution >= 4 is 15.9 Å². The number of halogens is 2. The van der Waals surface area contributed by atoms with Gasteiger partial charge in [-0.3, -0.25) is 0 Å². The molecular weight excluding hydrogens is 409 g/mol. The first-order valence-electron chi connectivity index (χ1n) is 9.63. The van der Waals surface area contributed by atoms with E-state index in [0.717, 1.165) is 16.6 Å². The van der Waals surface area contributed by atoms with Crippen LogP contribution in [0.3, 0.4) is 0 Å². The van der Waals surface area contributed by atoms with Gasteiger partial charge in [0.15, 0.2) is 11.5 Å².